The van der Waals surface area contributed by atoms with E-state index in [1.807, 2.05) is 36.4 Å². The lowest BCUT2D eigenvalue weighted by molar-refractivity contribution is -0.148. The van der Waals surface area contributed by atoms with Crippen LogP contribution in [0.3, 0.4) is 0 Å². The molecular weight excluding hydrogens is 526 g/mol. The van der Waals surface area contributed by atoms with E-state index in [0.29, 0.717) is 16.3 Å². The monoisotopic (exact) mass is 549 g/mol. The van der Waals surface area contributed by atoms with Gasteiger partial charge in [0.05, 0.1) is 27.4 Å². The molecule has 3 aromatic carbocycles. The number of carbonyl (C=O) groups is 2. The summed E-state index contributed by atoms with van der Waals surface area (Å²) >= 11 is 6.08. The summed E-state index contributed by atoms with van der Waals surface area (Å²) in [5, 5.41) is 11.0. The average molecular weight is 550 g/mol. The number of rotatable bonds is 9. The Balaban J connectivity index is 1.64. The molecular formula is C29H24ClNO6S. The summed E-state index contributed by atoms with van der Waals surface area (Å²) in [5.41, 5.74) is 2.31. The van der Waals surface area contributed by atoms with Crippen LogP contribution in [0, 0.1) is 0 Å². The van der Waals surface area contributed by atoms with Crippen molar-refractivity contribution in [1.29, 1.82) is 0 Å². The fourth-order valence-corrected chi connectivity index (χ4v) is 5.67. The van der Waals surface area contributed by atoms with Gasteiger partial charge in [-0.15, -0.1) is 0 Å². The Morgan fingerprint density at radius 3 is 2.53 bits per heavy atom. The predicted octanol–water partition coefficient (Wildman–Crippen LogP) is 6.23. The number of esters is 1. The summed E-state index contributed by atoms with van der Waals surface area (Å²) in [5.74, 6) is -2.54. The van der Waals surface area contributed by atoms with Crippen molar-refractivity contribution < 1.29 is 27.9 Å². The Hall–Kier alpha value is -4.01. The fraction of sp³-hybridized carbons (Fsp3) is 0.138. The van der Waals surface area contributed by atoms with E-state index in [-0.39, 0.29) is 16.9 Å². The number of nitrogens with zero attached hydrogens (tertiary/aromatic N) is 1. The third kappa shape index (κ3) is 6.45. The molecule has 9 heteroatoms. The Kier molecular flexibility index (Phi) is 8.24. The highest BCUT2D eigenvalue weighted by Gasteiger charge is 2.29. The number of pyridine rings is 1. The molecule has 0 amide bonds. The lowest BCUT2D eigenvalue weighted by atomic mass is 10.1. The minimum absolute atomic E-state index is 0.0551. The van der Waals surface area contributed by atoms with Crippen LogP contribution in [0.5, 0.6) is 0 Å². The molecule has 4 rings (SSSR count). The number of aromatic nitrogens is 1. The summed E-state index contributed by atoms with van der Waals surface area (Å²) < 4.78 is 32.0. The van der Waals surface area contributed by atoms with E-state index in [0.717, 1.165) is 16.5 Å². The second kappa shape index (κ2) is 11.6. The van der Waals surface area contributed by atoms with Gasteiger partial charge in [0.1, 0.15) is 6.10 Å². The molecule has 0 aliphatic rings. The molecule has 1 N–H and O–H groups in total. The third-order valence-electron chi connectivity index (χ3n) is 5.79. The maximum atomic E-state index is 13.3. The first-order valence-corrected chi connectivity index (χ1v) is 13.8. The Labute approximate surface area is 225 Å². The van der Waals surface area contributed by atoms with E-state index in [9.17, 15) is 23.1 Å². The number of hydrogen-bond donors (Lipinski definition) is 1. The molecule has 1 unspecified atom stereocenters. The molecule has 1 atom stereocenters. The van der Waals surface area contributed by atoms with Crippen LogP contribution in [-0.2, 0) is 19.4 Å². The number of benzene rings is 3. The van der Waals surface area contributed by atoms with Crippen molar-refractivity contribution in [2.45, 2.75) is 24.3 Å². The molecule has 0 bridgehead atoms. The number of halogens is 1. The topological polar surface area (TPSA) is 111 Å². The first kappa shape index (κ1) is 27.0. The second-order valence-corrected chi connectivity index (χ2v) is 10.9. The van der Waals surface area contributed by atoms with Gasteiger partial charge in [0.2, 0.25) is 0 Å². The standard InChI is InChI=1S/C29H24ClNO6S/c1-2-28(32)37-26(18-38(35,36)27-9-4-3-8-24(27)29(33)34)21-7-5-6-19(16-21)10-14-23-15-12-20-11-13-22(30)17-25(20)31-23/h3-17,26H,2,18H2,1H3,(H,33,34)/b14-10+. The molecule has 194 valence electrons. The number of ether oxygens (including phenoxy) is 1. The molecule has 0 spiro atoms. The zero-order valence-corrected chi connectivity index (χ0v) is 21.9. The van der Waals surface area contributed by atoms with E-state index >= 15 is 0 Å². The lowest BCUT2D eigenvalue weighted by Crippen LogP contribution is -2.22. The van der Waals surface area contributed by atoms with Gasteiger partial charge in [0, 0.05) is 16.8 Å². The number of aromatic carboxylic acids is 1. The number of fused-ring (bicyclic) bond motifs is 1. The maximum absolute atomic E-state index is 13.3. The van der Waals surface area contributed by atoms with Gasteiger partial charge < -0.3 is 9.84 Å². The van der Waals surface area contributed by atoms with E-state index in [2.05, 4.69) is 4.98 Å². The van der Waals surface area contributed by atoms with Crippen LogP contribution < -0.4 is 0 Å². The molecule has 1 aromatic heterocycles. The normalized spacial score (nSPS) is 12.5. The van der Waals surface area contributed by atoms with Gasteiger partial charge in [-0.3, -0.25) is 4.79 Å². The van der Waals surface area contributed by atoms with Crippen LogP contribution in [0.4, 0.5) is 0 Å². The first-order valence-electron chi connectivity index (χ1n) is 11.7. The summed E-state index contributed by atoms with van der Waals surface area (Å²) in [4.78, 5) is 28.0. The zero-order chi connectivity index (χ0) is 27.3. The van der Waals surface area contributed by atoms with Crippen LogP contribution >= 0.6 is 11.6 Å². The van der Waals surface area contributed by atoms with Crippen LogP contribution in [0.25, 0.3) is 23.1 Å². The number of carboxylic acid groups (broad SMARTS) is 1. The molecule has 0 aliphatic heterocycles. The molecule has 0 saturated heterocycles. The summed E-state index contributed by atoms with van der Waals surface area (Å²) in [7, 11) is -4.13. The summed E-state index contributed by atoms with van der Waals surface area (Å²) in [6.07, 6.45) is 2.55. The highest BCUT2D eigenvalue weighted by molar-refractivity contribution is 7.91. The molecule has 7 nitrogen and oxygen atoms in total. The van der Waals surface area contributed by atoms with E-state index in [1.165, 1.54) is 24.3 Å². The SMILES string of the molecule is CCC(=O)OC(CS(=O)(=O)c1ccccc1C(=O)O)c1cccc(/C=C/c2ccc3ccc(Cl)cc3n2)c1. The summed E-state index contributed by atoms with van der Waals surface area (Å²) in [6.45, 7) is 1.61. The molecule has 0 radical (unpaired) electrons. The quantitative estimate of drug-likeness (QED) is 0.246. The zero-order valence-electron chi connectivity index (χ0n) is 20.4. The van der Waals surface area contributed by atoms with Gasteiger partial charge in [-0.1, -0.05) is 67.1 Å². The average Bonchev–Trinajstić information content (AvgIpc) is 2.91. The second-order valence-electron chi connectivity index (χ2n) is 8.49. The predicted molar refractivity (Wildman–Crippen MR) is 147 cm³/mol. The smallest absolute Gasteiger partial charge is 0.337 e. The minimum atomic E-state index is -4.13. The largest absolute Gasteiger partial charge is 0.478 e. The Bertz CT molecular complexity index is 1650. The van der Waals surface area contributed by atoms with Gasteiger partial charge >= 0.3 is 11.9 Å². The number of carboxylic acids is 1. The lowest BCUT2D eigenvalue weighted by Gasteiger charge is -2.19. The van der Waals surface area contributed by atoms with Crippen molar-refractivity contribution >= 4 is 56.4 Å². The molecule has 0 aliphatic carbocycles. The molecule has 0 saturated carbocycles. The minimum Gasteiger partial charge on any atom is -0.478 e. The van der Waals surface area contributed by atoms with Crippen LogP contribution in [0.15, 0.2) is 83.8 Å². The van der Waals surface area contributed by atoms with Gasteiger partial charge in [0.15, 0.2) is 9.84 Å². The van der Waals surface area contributed by atoms with Crippen molar-refractivity contribution in [3.8, 4) is 0 Å². The van der Waals surface area contributed by atoms with Crippen molar-refractivity contribution in [2.24, 2.45) is 0 Å². The number of carbonyl (C=O) groups excluding carboxylic acids is 1. The Morgan fingerprint density at radius 1 is 1.00 bits per heavy atom. The first-order chi connectivity index (χ1) is 18.2. The highest BCUT2D eigenvalue weighted by Crippen LogP contribution is 2.27. The van der Waals surface area contributed by atoms with Crippen molar-refractivity contribution in [2.75, 3.05) is 5.75 Å². The maximum Gasteiger partial charge on any atom is 0.337 e. The molecule has 0 fully saturated rings. The van der Waals surface area contributed by atoms with Crippen molar-refractivity contribution in [3.63, 3.8) is 0 Å². The van der Waals surface area contributed by atoms with Crippen molar-refractivity contribution in [1.82, 2.24) is 4.98 Å². The fourth-order valence-electron chi connectivity index (χ4n) is 3.89. The molecule has 4 aromatic rings. The van der Waals surface area contributed by atoms with Crippen LogP contribution in [0.2, 0.25) is 5.02 Å². The van der Waals surface area contributed by atoms with Crippen LogP contribution in [-0.4, -0.2) is 36.2 Å². The van der Waals surface area contributed by atoms with E-state index in [4.69, 9.17) is 16.3 Å². The highest BCUT2D eigenvalue weighted by atomic mass is 35.5. The van der Waals surface area contributed by atoms with Gasteiger partial charge in [-0.05, 0) is 53.6 Å². The van der Waals surface area contributed by atoms with Crippen molar-refractivity contribution in [3.05, 3.63) is 106 Å². The van der Waals surface area contributed by atoms with E-state index in [1.54, 1.807) is 37.3 Å². The van der Waals surface area contributed by atoms with Gasteiger partial charge in [-0.2, -0.15) is 0 Å². The summed E-state index contributed by atoms with van der Waals surface area (Å²) in [6, 6.07) is 21.6. The number of sulfone groups is 1. The third-order valence-corrected chi connectivity index (χ3v) is 7.79. The van der Waals surface area contributed by atoms with Crippen LogP contribution in [0.1, 0.15) is 46.6 Å². The Morgan fingerprint density at radius 2 is 1.76 bits per heavy atom. The molecule has 38 heavy (non-hydrogen) atoms. The van der Waals surface area contributed by atoms with Gasteiger partial charge in [0.25, 0.3) is 0 Å². The van der Waals surface area contributed by atoms with Gasteiger partial charge in [-0.25, -0.2) is 18.2 Å². The number of hydrogen-bond acceptors (Lipinski definition) is 6. The van der Waals surface area contributed by atoms with E-state index < -0.39 is 33.6 Å². The molecule has 1 heterocycles.